The molecule has 0 aromatic heterocycles. The number of nitriles is 1. The predicted octanol–water partition coefficient (Wildman–Crippen LogP) is 8.90. The quantitative estimate of drug-likeness (QED) is 0.0523. The van der Waals surface area contributed by atoms with Gasteiger partial charge in [0.25, 0.3) is 5.91 Å². The molecule has 0 radical (unpaired) electrons. The van der Waals surface area contributed by atoms with Crippen LogP contribution in [0, 0.1) is 29.1 Å². The first-order valence-corrected chi connectivity index (χ1v) is 23.6. The molecule has 2 fully saturated rings. The first-order valence-electron chi connectivity index (χ1n) is 23.6. The summed E-state index contributed by atoms with van der Waals surface area (Å²) in [6, 6.07) is 18.4. The lowest BCUT2D eigenvalue weighted by atomic mass is 9.55. The number of ether oxygens (including phenoxy) is 6. The topological polar surface area (TPSA) is 191 Å². The summed E-state index contributed by atoms with van der Waals surface area (Å²) in [5.41, 5.74) is 3.55. The van der Waals surface area contributed by atoms with Gasteiger partial charge in [0.1, 0.15) is 29.0 Å². The van der Waals surface area contributed by atoms with E-state index < -0.39 is 30.1 Å². The summed E-state index contributed by atoms with van der Waals surface area (Å²) in [5, 5.41) is 37.3. The van der Waals surface area contributed by atoms with Crippen LogP contribution < -0.4 is 24.3 Å². The number of benzene rings is 3. The SMILES string of the molecule is C=CCOC12Oc3ccc(OC(=O)Nc4ccc(OC)cc4OC)cc3C3C(CCCCO)C(CCCCO)C=C(C(=NOC4CCCCO4)CC1N(CCC)C(=O)c1ccc(C#N)cc1)C32. The number of unbranched alkanes of at least 4 members (excludes halogenated alkanes) is 2. The maximum Gasteiger partial charge on any atom is 0.417 e. The molecule has 15 heteroatoms. The Kier molecular flexibility index (Phi) is 17.0. The molecule has 3 aromatic rings. The largest absolute Gasteiger partial charge is 0.497 e. The molecule has 0 bridgehead atoms. The highest BCUT2D eigenvalue weighted by Gasteiger charge is 2.65. The third kappa shape index (κ3) is 10.9. The van der Waals surface area contributed by atoms with E-state index in [0.717, 1.165) is 49.7 Å². The predicted molar refractivity (Wildman–Crippen MR) is 251 cm³/mol. The zero-order valence-electron chi connectivity index (χ0n) is 38.8. The van der Waals surface area contributed by atoms with Crippen molar-refractivity contribution in [1.29, 1.82) is 5.26 Å². The van der Waals surface area contributed by atoms with Gasteiger partial charge in [0.2, 0.25) is 12.1 Å². The van der Waals surface area contributed by atoms with Crippen LogP contribution in [-0.4, -0.2) is 98.1 Å². The number of carbonyl (C=O) groups is 2. The van der Waals surface area contributed by atoms with Crippen molar-refractivity contribution in [3.05, 3.63) is 102 Å². The molecule has 1 saturated heterocycles. The van der Waals surface area contributed by atoms with Crippen LogP contribution in [-0.2, 0) is 14.3 Å². The molecule has 7 rings (SSSR count). The van der Waals surface area contributed by atoms with Crippen LogP contribution in [0.3, 0.4) is 0 Å². The number of hydrogen-bond acceptors (Lipinski definition) is 13. The number of hydrogen-bond donors (Lipinski definition) is 3. The molecule has 3 aromatic carbocycles. The molecular weight excluding hydrogens is 857 g/mol. The molecule has 67 heavy (non-hydrogen) atoms. The van der Waals surface area contributed by atoms with Crippen LogP contribution in [0.25, 0.3) is 0 Å². The summed E-state index contributed by atoms with van der Waals surface area (Å²) in [6.45, 7) is 7.16. The van der Waals surface area contributed by atoms with Crippen LogP contribution in [0.4, 0.5) is 10.5 Å². The maximum absolute atomic E-state index is 15.0. The van der Waals surface area contributed by atoms with E-state index in [2.05, 4.69) is 24.0 Å². The van der Waals surface area contributed by atoms with Crippen LogP contribution in [0.15, 0.2) is 90.1 Å². The summed E-state index contributed by atoms with van der Waals surface area (Å²) in [6.07, 6.45) is 10.3. The molecule has 2 aliphatic carbocycles. The van der Waals surface area contributed by atoms with E-state index in [1.165, 1.54) is 7.11 Å². The number of fused-ring (bicyclic) bond motifs is 2. The van der Waals surface area contributed by atoms with Gasteiger partial charge in [-0.3, -0.25) is 10.1 Å². The van der Waals surface area contributed by atoms with Gasteiger partial charge in [-0.05, 0) is 117 Å². The third-order valence-electron chi connectivity index (χ3n) is 13.3. The molecular formula is C52H64N4O11. The molecule has 7 atom stereocenters. The second-order valence-electron chi connectivity index (χ2n) is 17.4. The fourth-order valence-corrected chi connectivity index (χ4v) is 10.3. The van der Waals surface area contributed by atoms with Crippen molar-refractivity contribution in [2.75, 3.05) is 52.5 Å². The summed E-state index contributed by atoms with van der Waals surface area (Å²) in [7, 11) is 3.05. The fourth-order valence-electron chi connectivity index (χ4n) is 10.3. The Hall–Kier alpha value is -5.92. The van der Waals surface area contributed by atoms with Crippen LogP contribution in [0.5, 0.6) is 23.0 Å². The Balaban J connectivity index is 1.40. The molecule has 358 valence electrons. The number of oxime groups is 1. The number of anilines is 1. The minimum atomic E-state index is -1.49. The molecule has 2 heterocycles. The number of amides is 2. The van der Waals surface area contributed by atoms with Gasteiger partial charge >= 0.3 is 6.09 Å². The lowest BCUT2D eigenvalue weighted by molar-refractivity contribution is -0.254. The smallest absolute Gasteiger partial charge is 0.417 e. The number of nitrogens with one attached hydrogen (secondary N) is 1. The number of aliphatic hydroxyl groups excluding tert-OH is 2. The number of aliphatic hydroxyl groups is 2. The number of carbonyl (C=O) groups excluding carboxylic acids is 2. The minimum Gasteiger partial charge on any atom is -0.497 e. The number of rotatable bonds is 21. The Morgan fingerprint density at radius 3 is 2.46 bits per heavy atom. The molecule has 2 aliphatic heterocycles. The van der Waals surface area contributed by atoms with Gasteiger partial charge in [0.15, 0.2) is 0 Å². The Morgan fingerprint density at radius 1 is 1.00 bits per heavy atom. The Labute approximate surface area is 393 Å². The lowest BCUT2D eigenvalue weighted by Crippen LogP contribution is -2.70. The average Bonchev–Trinajstić information content (AvgIpc) is 3.35. The van der Waals surface area contributed by atoms with Crippen LogP contribution >= 0.6 is 0 Å². The Morgan fingerprint density at radius 2 is 1.78 bits per heavy atom. The maximum atomic E-state index is 15.0. The monoisotopic (exact) mass is 920 g/mol. The molecule has 15 nitrogen and oxygen atoms in total. The fraction of sp³-hybridized carbons (Fsp3) is 0.500. The van der Waals surface area contributed by atoms with Gasteiger partial charge in [-0.1, -0.05) is 37.1 Å². The van der Waals surface area contributed by atoms with Crippen molar-refractivity contribution in [2.45, 2.75) is 102 Å². The summed E-state index contributed by atoms with van der Waals surface area (Å²) < 4.78 is 37.3. The molecule has 1 saturated carbocycles. The lowest BCUT2D eigenvalue weighted by Gasteiger charge is -2.60. The van der Waals surface area contributed by atoms with E-state index in [0.29, 0.717) is 78.6 Å². The van der Waals surface area contributed by atoms with E-state index in [1.54, 1.807) is 67.8 Å². The zero-order valence-corrected chi connectivity index (χ0v) is 38.8. The third-order valence-corrected chi connectivity index (χ3v) is 13.3. The van der Waals surface area contributed by atoms with Crippen molar-refractivity contribution >= 4 is 23.4 Å². The second kappa shape index (κ2) is 23.2. The first kappa shape index (κ1) is 49.0. The van der Waals surface area contributed by atoms with Crippen molar-refractivity contribution in [1.82, 2.24) is 4.90 Å². The molecule has 3 N–H and O–H groups in total. The second-order valence-corrected chi connectivity index (χ2v) is 17.4. The van der Waals surface area contributed by atoms with E-state index >= 15 is 4.79 Å². The van der Waals surface area contributed by atoms with Crippen molar-refractivity contribution < 1.29 is 53.1 Å². The molecule has 0 spiro atoms. The standard InChI is InChI=1S/C52H64N4O11/c1-5-24-56(50(59)35-18-16-34(33-53)17-19-35)46-32-43(55-67-47-15-9-12-28-63-47)40-29-36(13-7-10-25-57)39(14-8-11-26-58)48-41-30-38(21-23-44(41)66-52(46,49(40)48)64-27-6-2)65-51(60)54-42-22-20-37(61-3)31-45(42)62-4/h6,16-23,29-31,36,39,46-49,57-58H,2,5,7-15,24-28,32H2,1,3-4H3,(H,54,60). The highest BCUT2D eigenvalue weighted by molar-refractivity contribution is 6.03. The van der Waals surface area contributed by atoms with Crippen molar-refractivity contribution in [2.24, 2.45) is 22.9 Å². The average molecular weight is 921 g/mol. The highest BCUT2D eigenvalue weighted by atomic mass is 16.8. The van der Waals surface area contributed by atoms with Gasteiger partial charge in [-0.2, -0.15) is 5.26 Å². The summed E-state index contributed by atoms with van der Waals surface area (Å²) in [4.78, 5) is 36.7. The van der Waals surface area contributed by atoms with Gasteiger partial charge in [0.05, 0.1) is 56.4 Å². The van der Waals surface area contributed by atoms with Crippen molar-refractivity contribution in [3.8, 4) is 29.1 Å². The van der Waals surface area contributed by atoms with Gasteiger partial charge < -0.3 is 48.4 Å². The van der Waals surface area contributed by atoms with Crippen molar-refractivity contribution in [3.63, 3.8) is 0 Å². The normalized spacial score (nSPS) is 24.4. The van der Waals surface area contributed by atoms with E-state index in [-0.39, 0.29) is 55.7 Å². The summed E-state index contributed by atoms with van der Waals surface area (Å²) in [5.74, 6) is -1.02. The molecule has 7 unspecified atom stereocenters. The number of methoxy groups -OCH3 is 2. The zero-order chi connectivity index (χ0) is 47.3. The summed E-state index contributed by atoms with van der Waals surface area (Å²) >= 11 is 0. The van der Waals surface area contributed by atoms with Crippen LogP contribution in [0.1, 0.15) is 105 Å². The highest BCUT2D eigenvalue weighted by Crippen LogP contribution is 2.62. The number of allylic oxidation sites excluding steroid dienone is 1. The Bertz CT molecular complexity index is 2290. The van der Waals surface area contributed by atoms with Crippen LogP contribution in [0.2, 0.25) is 0 Å². The molecule has 4 aliphatic rings. The van der Waals surface area contributed by atoms with Gasteiger partial charge in [-0.15, -0.1) is 6.58 Å². The minimum absolute atomic E-state index is 0.0142. The number of nitrogens with zero attached hydrogens (tertiary/aromatic N) is 3. The van der Waals surface area contributed by atoms with Gasteiger partial charge in [0, 0.05) is 55.7 Å². The molecule has 2 amide bonds. The van der Waals surface area contributed by atoms with E-state index in [9.17, 15) is 20.3 Å². The van der Waals surface area contributed by atoms with E-state index in [4.69, 9.17) is 38.4 Å². The first-order chi connectivity index (χ1) is 32.7. The van der Waals surface area contributed by atoms with Gasteiger partial charge in [-0.25, -0.2) is 4.79 Å². The van der Waals surface area contributed by atoms with E-state index in [1.807, 2.05) is 17.9 Å².